The lowest BCUT2D eigenvalue weighted by molar-refractivity contribution is -0.146. The van der Waals surface area contributed by atoms with Crippen LogP contribution in [0, 0.1) is 5.92 Å². The van der Waals surface area contributed by atoms with Gasteiger partial charge in [-0.05, 0) is 6.42 Å². The van der Waals surface area contributed by atoms with E-state index in [0.717, 1.165) is 7.11 Å². The molecule has 0 bridgehead atoms. The Kier molecular flexibility index (Phi) is 7.53. The summed E-state index contributed by atoms with van der Waals surface area (Å²) in [7, 11) is -1.19. The lowest BCUT2D eigenvalue weighted by Gasteiger charge is -2.13. The van der Waals surface area contributed by atoms with Crippen molar-refractivity contribution in [3.8, 4) is 0 Å². The maximum Gasteiger partial charge on any atom is 0.309 e. The Bertz CT molecular complexity index is 374. The summed E-state index contributed by atoms with van der Waals surface area (Å²) in [5.74, 6) is -3.01. The van der Waals surface area contributed by atoms with Crippen molar-refractivity contribution in [1.82, 2.24) is 0 Å². The quantitative estimate of drug-likeness (QED) is 0.577. The van der Waals surface area contributed by atoms with Crippen LogP contribution in [0.25, 0.3) is 0 Å². The predicted molar refractivity (Wildman–Crippen MR) is 62.5 cm³/mol. The summed E-state index contributed by atoms with van der Waals surface area (Å²) >= 11 is 0. The Morgan fingerprint density at radius 2 is 1.83 bits per heavy atom. The molecule has 8 heteroatoms. The number of hydrogen-bond acceptors (Lipinski definition) is 7. The number of sulfone groups is 1. The molecule has 0 aliphatic carbocycles. The smallest absolute Gasteiger partial charge is 0.309 e. The fourth-order valence-electron chi connectivity index (χ4n) is 1.36. The summed E-state index contributed by atoms with van der Waals surface area (Å²) in [6.45, 7) is -0.507. The molecule has 0 saturated carbocycles. The van der Waals surface area contributed by atoms with Gasteiger partial charge in [-0.25, -0.2) is 8.42 Å². The minimum atomic E-state index is -3.54. The lowest BCUT2D eigenvalue weighted by atomic mass is 10.1. The second-order valence-corrected chi connectivity index (χ2v) is 5.90. The fraction of sp³-hybridized carbons (Fsp3) is 0.800. The monoisotopic (exact) mass is 282 g/mol. The van der Waals surface area contributed by atoms with Gasteiger partial charge in [0.15, 0.2) is 9.84 Å². The van der Waals surface area contributed by atoms with Crippen LogP contribution in [0.3, 0.4) is 0 Å². The first-order valence-electron chi connectivity index (χ1n) is 5.32. The van der Waals surface area contributed by atoms with Crippen molar-refractivity contribution in [2.75, 3.05) is 32.3 Å². The molecule has 106 valence electrons. The summed E-state index contributed by atoms with van der Waals surface area (Å²) in [5, 5.41) is 8.60. The van der Waals surface area contributed by atoms with Gasteiger partial charge in [0.25, 0.3) is 0 Å². The van der Waals surface area contributed by atoms with E-state index in [9.17, 15) is 18.0 Å². The fourth-order valence-corrected chi connectivity index (χ4v) is 2.72. The Hall–Kier alpha value is -1.15. The molecule has 0 radical (unpaired) electrons. The van der Waals surface area contributed by atoms with E-state index >= 15 is 0 Å². The van der Waals surface area contributed by atoms with Gasteiger partial charge in [0, 0.05) is 6.42 Å². The van der Waals surface area contributed by atoms with Gasteiger partial charge in [-0.1, -0.05) is 0 Å². The highest BCUT2D eigenvalue weighted by Crippen LogP contribution is 2.13. The molecule has 7 nitrogen and oxygen atoms in total. The first-order chi connectivity index (χ1) is 8.36. The van der Waals surface area contributed by atoms with E-state index in [1.807, 2.05) is 0 Å². The van der Waals surface area contributed by atoms with E-state index in [1.54, 1.807) is 0 Å². The van der Waals surface area contributed by atoms with Gasteiger partial charge < -0.3 is 14.6 Å². The van der Waals surface area contributed by atoms with Crippen molar-refractivity contribution in [3.05, 3.63) is 0 Å². The molecule has 0 saturated heterocycles. The van der Waals surface area contributed by atoms with E-state index in [0.29, 0.717) is 0 Å². The molecule has 18 heavy (non-hydrogen) atoms. The Labute approximate surface area is 106 Å². The highest BCUT2D eigenvalue weighted by Gasteiger charge is 2.26. The van der Waals surface area contributed by atoms with Crippen molar-refractivity contribution in [1.29, 1.82) is 0 Å². The third-order valence-electron chi connectivity index (χ3n) is 2.32. The van der Waals surface area contributed by atoms with E-state index in [4.69, 9.17) is 5.11 Å². The molecule has 0 aliphatic rings. The largest absolute Gasteiger partial charge is 0.469 e. The first-order valence-corrected chi connectivity index (χ1v) is 7.14. The molecular formula is C10H18O7S. The molecule has 0 fully saturated rings. The predicted octanol–water partition coefficient (Wildman–Crippen LogP) is -0.864. The van der Waals surface area contributed by atoms with Gasteiger partial charge in [0.05, 0.1) is 38.3 Å². The molecule has 0 heterocycles. The molecule has 0 aromatic carbocycles. The molecule has 0 aliphatic heterocycles. The number of rotatable bonds is 8. The Morgan fingerprint density at radius 1 is 1.22 bits per heavy atom. The number of ether oxygens (including phenoxy) is 2. The average molecular weight is 282 g/mol. The molecule has 1 atom stereocenters. The zero-order chi connectivity index (χ0) is 14.2. The minimum Gasteiger partial charge on any atom is -0.469 e. The molecular weight excluding hydrogens is 264 g/mol. The number of esters is 2. The molecule has 1 N–H and O–H groups in total. The Morgan fingerprint density at radius 3 is 2.28 bits per heavy atom. The number of hydrogen-bond donors (Lipinski definition) is 1. The molecule has 0 aromatic heterocycles. The molecule has 0 amide bonds. The SMILES string of the molecule is COC(=O)CCC(CS(=O)(=O)CCO)C(=O)OC. The van der Waals surface area contributed by atoms with Gasteiger partial charge in [-0.3, -0.25) is 9.59 Å². The number of carbonyl (C=O) groups is 2. The van der Waals surface area contributed by atoms with Crippen LogP contribution >= 0.6 is 0 Å². The topological polar surface area (TPSA) is 107 Å². The summed E-state index contributed by atoms with van der Waals surface area (Å²) in [4.78, 5) is 22.3. The van der Waals surface area contributed by atoms with Crippen LogP contribution in [0.5, 0.6) is 0 Å². The van der Waals surface area contributed by atoms with Crippen molar-refractivity contribution in [2.45, 2.75) is 12.8 Å². The third kappa shape index (κ3) is 6.55. The minimum absolute atomic E-state index is 0.0318. The molecule has 0 spiro atoms. The second-order valence-electron chi connectivity index (χ2n) is 3.67. The normalized spacial score (nSPS) is 12.8. The van der Waals surface area contributed by atoms with Crippen LogP contribution in [0.4, 0.5) is 0 Å². The summed E-state index contributed by atoms with van der Waals surface area (Å²) < 4.78 is 31.9. The number of methoxy groups -OCH3 is 2. The van der Waals surface area contributed by atoms with Gasteiger partial charge in [0.1, 0.15) is 0 Å². The number of aliphatic hydroxyl groups is 1. The van der Waals surface area contributed by atoms with Gasteiger partial charge >= 0.3 is 11.9 Å². The van der Waals surface area contributed by atoms with Crippen LogP contribution in [-0.4, -0.2) is 57.8 Å². The van der Waals surface area contributed by atoms with Gasteiger partial charge in [-0.15, -0.1) is 0 Å². The van der Waals surface area contributed by atoms with E-state index in [1.165, 1.54) is 7.11 Å². The standard InChI is InChI=1S/C10H18O7S/c1-16-9(12)4-3-8(10(13)17-2)7-18(14,15)6-5-11/h8,11H,3-7H2,1-2H3. The maximum atomic E-state index is 11.5. The number of carbonyl (C=O) groups excluding carboxylic acids is 2. The van der Waals surface area contributed by atoms with Gasteiger partial charge in [-0.2, -0.15) is 0 Å². The number of aliphatic hydroxyl groups excluding tert-OH is 1. The molecule has 1 unspecified atom stereocenters. The van der Waals surface area contributed by atoms with Crippen LogP contribution in [-0.2, 0) is 28.9 Å². The highest BCUT2D eigenvalue weighted by atomic mass is 32.2. The third-order valence-corrected chi connectivity index (χ3v) is 4.03. The summed E-state index contributed by atoms with van der Waals surface area (Å²) in [6, 6.07) is 0. The summed E-state index contributed by atoms with van der Waals surface area (Å²) in [5.41, 5.74) is 0. The zero-order valence-corrected chi connectivity index (χ0v) is 11.2. The van der Waals surface area contributed by atoms with Crippen LogP contribution in [0.1, 0.15) is 12.8 Å². The van der Waals surface area contributed by atoms with Crippen LogP contribution < -0.4 is 0 Å². The average Bonchev–Trinajstić information content (AvgIpc) is 2.32. The second kappa shape index (κ2) is 8.04. The lowest BCUT2D eigenvalue weighted by Crippen LogP contribution is -2.28. The molecule has 0 aromatic rings. The van der Waals surface area contributed by atoms with Crippen LogP contribution in [0.2, 0.25) is 0 Å². The van der Waals surface area contributed by atoms with E-state index in [2.05, 4.69) is 9.47 Å². The first kappa shape index (κ1) is 16.9. The molecule has 0 rings (SSSR count). The Balaban J connectivity index is 4.60. The van der Waals surface area contributed by atoms with Crippen molar-refractivity contribution < 1.29 is 32.6 Å². The highest BCUT2D eigenvalue weighted by molar-refractivity contribution is 7.91. The summed E-state index contributed by atoms with van der Waals surface area (Å²) in [6.07, 6.45) is -0.0328. The van der Waals surface area contributed by atoms with Crippen molar-refractivity contribution in [3.63, 3.8) is 0 Å². The van der Waals surface area contributed by atoms with Crippen molar-refractivity contribution >= 4 is 21.8 Å². The zero-order valence-electron chi connectivity index (χ0n) is 10.4. The van der Waals surface area contributed by atoms with E-state index < -0.39 is 45.8 Å². The van der Waals surface area contributed by atoms with Gasteiger partial charge in [0.2, 0.25) is 0 Å². The van der Waals surface area contributed by atoms with E-state index in [-0.39, 0.29) is 12.8 Å². The maximum absolute atomic E-state index is 11.5. The van der Waals surface area contributed by atoms with Crippen LogP contribution in [0.15, 0.2) is 0 Å². The van der Waals surface area contributed by atoms with Crippen molar-refractivity contribution in [2.24, 2.45) is 5.92 Å².